The van der Waals surface area contributed by atoms with Gasteiger partial charge in [0.05, 0.1) is 24.9 Å². The third-order valence-electron chi connectivity index (χ3n) is 6.58. The van der Waals surface area contributed by atoms with E-state index in [1.54, 1.807) is 13.8 Å². The van der Waals surface area contributed by atoms with Crippen molar-refractivity contribution in [3.05, 3.63) is 95.7 Å². The number of hydrogen-bond donors (Lipinski definition) is 2. The Bertz CT molecular complexity index is 1450. The highest BCUT2D eigenvalue weighted by atomic mass is 16.5. The van der Waals surface area contributed by atoms with Gasteiger partial charge in [-0.2, -0.15) is 5.10 Å². The van der Waals surface area contributed by atoms with Crippen molar-refractivity contribution in [2.24, 2.45) is 0 Å². The zero-order valence-electron chi connectivity index (χ0n) is 23.8. The molecule has 0 saturated carbocycles. The van der Waals surface area contributed by atoms with Gasteiger partial charge < -0.3 is 19.9 Å². The maximum absolute atomic E-state index is 11.9. The summed E-state index contributed by atoms with van der Waals surface area (Å²) >= 11 is 0. The quantitative estimate of drug-likeness (QED) is 0.194. The molecule has 0 amide bonds. The Balaban J connectivity index is 1.36. The molecule has 4 rings (SSSR count). The van der Waals surface area contributed by atoms with Crippen LogP contribution < -0.4 is 10.1 Å². The van der Waals surface area contributed by atoms with Gasteiger partial charge in [-0.25, -0.2) is 0 Å². The van der Waals surface area contributed by atoms with Gasteiger partial charge in [-0.3, -0.25) is 14.3 Å². The third kappa shape index (κ3) is 8.78. The molecule has 0 unspecified atom stereocenters. The maximum Gasteiger partial charge on any atom is 0.320 e. The number of carbonyl (C=O) groups is 2. The highest BCUT2D eigenvalue weighted by Crippen LogP contribution is 2.25. The van der Waals surface area contributed by atoms with Gasteiger partial charge in [0.15, 0.2) is 0 Å². The van der Waals surface area contributed by atoms with Gasteiger partial charge in [0.2, 0.25) is 0 Å². The summed E-state index contributed by atoms with van der Waals surface area (Å²) in [7, 11) is 0. The lowest BCUT2D eigenvalue weighted by atomic mass is 10.0. The monoisotopic (exact) mass is 555 g/mol. The molecule has 0 spiro atoms. The fraction of sp³-hybridized carbons (Fsp3) is 0.303. The second kappa shape index (κ2) is 14.3. The molecule has 3 aromatic carbocycles. The van der Waals surface area contributed by atoms with E-state index in [2.05, 4.69) is 47.8 Å². The molecule has 8 heteroatoms. The number of benzene rings is 3. The predicted molar refractivity (Wildman–Crippen MR) is 159 cm³/mol. The first kappa shape index (κ1) is 29.6. The molecule has 0 saturated heterocycles. The number of carboxylic acid groups (broad SMARTS) is 1. The highest BCUT2D eigenvalue weighted by Gasteiger charge is 2.11. The molecule has 214 valence electrons. The zero-order valence-corrected chi connectivity index (χ0v) is 23.8. The molecule has 0 fully saturated rings. The van der Waals surface area contributed by atoms with Crippen molar-refractivity contribution in [2.75, 3.05) is 13.2 Å². The zero-order chi connectivity index (χ0) is 29.2. The van der Waals surface area contributed by atoms with Crippen molar-refractivity contribution in [3.8, 4) is 28.1 Å². The van der Waals surface area contributed by atoms with Crippen molar-refractivity contribution >= 4 is 11.9 Å². The second-order valence-corrected chi connectivity index (χ2v) is 10.2. The molecular weight excluding hydrogens is 518 g/mol. The SMILES string of the molecule is Cc1cc(-c2ccc(-c3ccccc3)cc2)nn1CCOc1ccc(CCC(=O)O)c(CNCC(=O)OC(C)C)c1. The number of esters is 1. The molecule has 2 N–H and O–H groups in total. The van der Waals surface area contributed by atoms with Crippen LogP contribution in [0, 0.1) is 6.92 Å². The first-order valence-corrected chi connectivity index (χ1v) is 13.9. The van der Waals surface area contributed by atoms with Crippen LogP contribution in [0.25, 0.3) is 22.4 Å². The Morgan fingerprint density at radius 3 is 2.34 bits per heavy atom. The lowest BCUT2D eigenvalue weighted by molar-refractivity contribution is -0.146. The first-order valence-electron chi connectivity index (χ1n) is 13.9. The van der Waals surface area contributed by atoms with Crippen molar-refractivity contribution in [3.63, 3.8) is 0 Å². The van der Waals surface area contributed by atoms with Crippen LogP contribution >= 0.6 is 0 Å². The minimum atomic E-state index is -0.856. The molecule has 0 aliphatic carbocycles. The molecule has 41 heavy (non-hydrogen) atoms. The van der Waals surface area contributed by atoms with Crippen LogP contribution in [0.1, 0.15) is 37.1 Å². The standard InChI is InChI=1S/C33H37N3O5/c1-23(2)41-33(39)22-34-21-29-20-30(15-13-27(29)14-16-32(37)38)40-18-17-36-24(3)19-31(35-36)28-11-9-26(10-12-28)25-7-5-4-6-8-25/h4-13,15,19-20,23,34H,14,16-18,21-22H2,1-3H3,(H,37,38). The van der Waals surface area contributed by atoms with Gasteiger partial charge in [0.25, 0.3) is 0 Å². The third-order valence-corrected chi connectivity index (χ3v) is 6.58. The van der Waals surface area contributed by atoms with E-state index in [-0.39, 0.29) is 25.0 Å². The summed E-state index contributed by atoms with van der Waals surface area (Å²) in [5.74, 6) is -0.515. The fourth-order valence-corrected chi connectivity index (χ4v) is 4.54. The number of aliphatic carboxylic acids is 1. The van der Waals surface area contributed by atoms with Gasteiger partial charge >= 0.3 is 11.9 Å². The molecule has 1 aromatic heterocycles. The summed E-state index contributed by atoms with van der Waals surface area (Å²) in [6.45, 7) is 7.08. The first-order chi connectivity index (χ1) is 19.8. The number of carboxylic acids is 1. The summed E-state index contributed by atoms with van der Waals surface area (Å²) in [5, 5.41) is 17.0. The number of nitrogens with zero attached hydrogens (tertiary/aromatic N) is 2. The van der Waals surface area contributed by atoms with Gasteiger partial charge in [-0.1, -0.05) is 60.7 Å². The molecule has 1 heterocycles. The minimum Gasteiger partial charge on any atom is -0.492 e. The topological polar surface area (TPSA) is 103 Å². The Labute approximate surface area is 240 Å². The van der Waals surface area contributed by atoms with E-state index in [9.17, 15) is 9.59 Å². The molecule has 0 bridgehead atoms. The number of carbonyl (C=O) groups excluding carboxylic acids is 1. The number of aryl methyl sites for hydroxylation is 2. The molecule has 0 aliphatic rings. The van der Waals surface area contributed by atoms with Gasteiger partial charge in [0.1, 0.15) is 12.4 Å². The van der Waals surface area contributed by atoms with Crippen molar-refractivity contribution in [1.29, 1.82) is 0 Å². The number of aromatic nitrogens is 2. The number of nitrogens with one attached hydrogen (secondary N) is 1. The van der Waals surface area contributed by atoms with Crippen LogP contribution in [-0.4, -0.2) is 46.1 Å². The largest absolute Gasteiger partial charge is 0.492 e. The smallest absolute Gasteiger partial charge is 0.320 e. The van der Waals surface area contributed by atoms with E-state index in [0.717, 1.165) is 33.6 Å². The maximum atomic E-state index is 11.9. The van der Waals surface area contributed by atoms with Gasteiger partial charge in [-0.15, -0.1) is 0 Å². The summed E-state index contributed by atoms with van der Waals surface area (Å²) < 4.78 is 13.2. The number of ether oxygens (including phenoxy) is 2. The van der Waals surface area contributed by atoms with Crippen LogP contribution in [0.5, 0.6) is 5.75 Å². The molecule has 0 radical (unpaired) electrons. The van der Waals surface area contributed by atoms with Crippen LogP contribution in [0.3, 0.4) is 0 Å². The highest BCUT2D eigenvalue weighted by molar-refractivity contribution is 5.72. The Kier molecular flexibility index (Phi) is 10.3. The van der Waals surface area contributed by atoms with E-state index >= 15 is 0 Å². The normalized spacial score (nSPS) is 11.0. The summed E-state index contributed by atoms with van der Waals surface area (Å²) in [4.78, 5) is 23.0. The fourth-order valence-electron chi connectivity index (χ4n) is 4.54. The molecule has 4 aromatic rings. The lowest BCUT2D eigenvalue weighted by Gasteiger charge is -2.14. The second-order valence-electron chi connectivity index (χ2n) is 10.2. The lowest BCUT2D eigenvalue weighted by Crippen LogP contribution is -2.26. The Hall–Kier alpha value is -4.43. The van der Waals surface area contributed by atoms with E-state index in [4.69, 9.17) is 19.7 Å². The average molecular weight is 556 g/mol. The van der Waals surface area contributed by atoms with E-state index in [1.807, 2.05) is 48.0 Å². The number of rotatable bonds is 14. The van der Waals surface area contributed by atoms with Crippen LogP contribution in [-0.2, 0) is 33.8 Å². The van der Waals surface area contributed by atoms with Gasteiger partial charge in [-0.05, 0) is 67.6 Å². The summed E-state index contributed by atoms with van der Waals surface area (Å²) in [5.41, 5.74) is 7.14. The summed E-state index contributed by atoms with van der Waals surface area (Å²) in [6.07, 6.45) is 0.241. The molecular formula is C33H37N3O5. The number of hydrogen-bond acceptors (Lipinski definition) is 6. The van der Waals surface area contributed by atoms with Crippen LogP contribution in [0.15, 0.2) is 78.9 Å². The minimum absolute atomic E-state index is 0.0263. The van der Waals surface area contributed by atoms with E-state index in [0.29, 0.717) is 31.9 Å². The van der Waals surface area contributed by atoms with Gasteiger partial charge in [0, 0.05) is 24.2 Å². The Morgan fingerprint density at radius 1 is 0.927 bits per heavy atom. The van der Waals surface area contributed by atoms with E-state index in [1.165, 1.54) is 5.56 Å². The Morgan fingerprint density at radius 2 is 1.63 bits per heavy atom. The molecule has 0 atom stereocenters. The summed E-state index contributed by atoms with van der Waals surface area (Å²) in [6, 6.07) is 26.4. The molecule has 0 aliphatic heterocycles. The van der Waals surface area contributed by atoms with Crippen molar-refractivity contribution in [1.82, 2.24) is 15.1 Å². The average Bonchev–Trinajstić information content (AvgIpc) is 3.32. The molecule has 8 nitrogen and oxygen atoms in total. The van der Waals surface area contributed by atoms with Crippen LogP contribution in [0.4, 0.5) is 0 Å². The van der Waals surface area contributed by atoms with Crippen molar-refractivity contribution in [2.45, 2.75) is 52.8 Å². The predicted octanol–water partition coefficient (Wildman–Crippen LogP) is 5.66. The van der Waals surface area contributed by atoms with Crippen molar-refractivity contribution < 1.29 is 24.2 Å². The van der Waals surface area contributed by atoms with Crippen LogP contribution in [0.2, 0.25) is 0 Å². The van der Waals surface area contributed by atoms with E-state index < -0.39 is 5.97 Å².